The third kappa shape index (κ3) is 2.80. The molecule has 2 N–H and O–H groups in total. The first kappa shape index (κ1) is 11.5. The Morgan fingerprint density at radius 3 is 3.12 bits per heavy atom. The maximum absolute atomic E-state index is 11.5. The summed E-state index contributed by atoms with van der Waals surface area (Å²) in [4.78, 5) is 17.2. The monoisotopic (exact) mass is 240 g/mol. The van der Waals surface area contributed by atoms with Crippen molar-refractivity contribution in [1.29, 1.82) is 0 Å². The van der Waals surface area contributed by atoms with E-state index in [9.17, 15) is 4.79 Å². The zero-order chi connectivity index (χ0) is 11.5. The third-order valence-corrected chi connectivity index (χ3v) is 3.70. The number of hydrogen-bond donors (Lipinski definition) is 2. The number of nitrogens with one attached hydrogen (secondary N) is 1. The number of hydrogen-bond acceptors (Lipinski definition) is 4. The molecule has 0 radical (unpaired) electrons. The normalized spacial score (nSPS) is 15.9. The molecule has 1 atom stereocenters. The van der Waals surface area contributed by atoms with Gasteiger partial charge in [-0.25, -0.2) is 4.98 Å². The van der Waals surface area contributed by atoms with Crippen LogP contribution in [-0.2, 0) is 17.6 Å². The fraction of sp³-hybridized carbons (Fsp3) is 0.636. The predicted molar refractivity (Wildman–Crippen MR) is 63.7 cm³/mol. The summed E-state index contributed by atoms with van der Waals surface area (Å²) < 4.78 is 0. The number of carbonyl (C=O) groups is 1. The number of anilines is 1. The topological polar surface area (TPSA) is 62.2 Å². The molecule has 88 valence electrons. The third-order valence-electron chi connectivity index (χ3n) is 2.63. The van der Waals surface area contributed by atoms with Gasteiger partial charge in [-0.2, -0.15) is 0 Å². The Morgan fingerprint density at radius 2 is 2.44 bits per heavy atom. The zero-order valence-electron chi connectivity index (χ0n) is 9.32. The van der Waals surface area contributed by atoms with Crippen LogP contribution in [0.5, 0.6) is 0 Å². The molecule has 1 aliphatic carbocycles. The van der Waals surface area contributed by atoms with E-state index in [1.807, 2.05) is 0 Å². The van der Waals surface area contributed by atoms with E-state index < -0.39 is 6.10 Å². The van der Waals surface area contributed by atoms with Gasteiger partial charge in [-0.3, -0.25) is 4.79 Å². The summed E-state index contributed by atoms with van der Waals surface area (Å²) in [6.07, 6.45) is 3.74. The van der Waals surface area contributed by atoms with Gasteiger partial charge in [0.2, 0.25) is 5.91 Å². The molecule has 0 bridgehead atoms. The van der Waals surface area contributed by atoms with Crippen LogP contribution in [0.15, 0.2) is 0 Å². The molecule has 16 heavy (non-hydrogen) atoms. The van der Waals surface area contributed by atoms with E-state index in [1.165, 1.54) is 11.3 Å². The van der Waals surface area contributed by atoms with Crippen LogP contribution in [0.4, 0.5) is 5.13 Å². The highest BCUT2D eigenvalue weighted by atomic mass is 32.1. The predicted octanol–water partition coefficient (Wildman–Crippen LogP) is 1.73. The van der Waals surface area contributed by atoms with Gasteiger partial charge in [0.1, 0.15) is 0 Å². The van der Waals surface area contributed by atoms with Crippen LogP contribution in [0.3, 0.4) is 0 Å². The first-order valence-electron chi connectivity index (χ1n) is 5.61. The van der Waals surface area contributed by atoms with Gasteiger partial charge in [0.15, 0.2) is 5.13 Å². The van der Waals surface area contributed by atoms with Crippen LogP contribution in [0.2, 0.25) is 0 Å². The Kier molecular flexibility index (Phi) is 3.56. The number of thiazole rings is 1. The summed E-state index contributed by atoms with van der Waals surface area (Å²) in [5.41, 5.74) is 1.15. The summed E-state index contributed by atoms with van der Waals surface area (Å²) in [5, 5.41) is 12.6. The lowest BCUT2D eigenvalue weighted by Gasteiger charge is -2.03. The molecule has 0 aliphatic heterocycles. The number of rotatable bonds is 4. The van der Waals surface area contributed by atoms with E-state index in [-0.39, 0.29) is 5.91 Å². The van der Waals surface area contributed by atoms with Gasteiger partial charge < -0.3 is 10.4 Å². The number of carbonyl (C=O) groups excluding carboxylic acids is 1. The Labute approximate surface area is 98.7 Å². The average Bonchev–Trinajstić information content (AvgIpc) is 2.74. The van der Waals surface area contributed by atoms with Crippen molar-refractivity contribution in [3.63, 3.8) is 0 Å². The number of aromatic nitrogens is 1. The molecule has 0 aromatic carbocycles. The number of nitrogens with zero attached hydrogens (tertiary/aromatic N) is 1. The molecule has 1 aromatic heterocycles. The molecule has 0 saturated heterocycles. The quantitative estimate of drug-likeness (QED) is 0.842. The lowest BCUT2D eigenvalue weighted by atomic mass is 10.2. The number of aliphatic hydroxyl groups excluding tert-OH is 1. The van der Waals surface area contributed by atoms with Crippen molar-refractivity contribution in [1.82, 2.24) is 4.98 Å². The van der Waals surface area contributed by atoms with Crippen LogP contribution < -0.4 is 5.32 Å². The van der Waals surface area contributed by atoms with Gasteiger partial charge in [-0.05, 0) is 32.6 Å². The van der Waals surface area contributed by atoms with Crippen molar-refractivity contribution < 1.29 is 9.90 Å². The molecule has 1 amide bonds. The second-order valence-electron chi connectivity index (χ2n) is 4.18. The minimum atomic E-state index is -0.424. The largest absolute Gasteiger partial charge is 0.393 e. The molecular weight excluding hydrogens is 224 g/mol. The molecule has 1 heterocycles. The van der Waals surface area contributed by atoms with Crippen LogP contribution in [0.25, 0.3) is 0 Å². The van der Waals surface area contributed by atoms with Crippen LogP contribution in [0.1, 0.15) is 36.8 Å². The molecule has 0 spiro atoms. The molecule has 5 heteroatoms. The number of aryl methyl sites for hydroxylation is 2. The highest BCUT2D eigenvalue weighted by Crippen LogP contribution is 2.30. The van der Waals surface area contributed by atoms with Crippen molar-refractivity contribution in [3.05, 3.63) is 10.6 Å². The Morgan fingerprint density at radius 1 is 1.62 bits per heavy atom. The Balaban J connectivity index is 1.86. The average molecular weight is 240 g/mol. The van der Waals surface area contributed by atoms with Crippen LogP contribution >= 0.6 is 11.3 Å². The van der Waals surface area contributed by atoms with Crippen LogP contribution in [0, 0.1) is 0 Å². The fourth-order valence-corrected chi connectivity index (χ4v) is 2.83. The SMILES string of the molecule is CC(O)CCC(=O)Nc1nc2c(s1)CCC2. The number of amides is 1. The smallest absolute Gasteiger partial charge is 0.226 e. The lowest BCUT2D eigenvalue weighted by Crippen LogP contribution is -2.13. The Hall–Kier alpha value is -0.940. The minimum absolute atomic E-state index is 0.0617. The van der Waals surface area contributed by atoms with Crippen molar-refractivity contribution in [2.75, 3.05) is 5.32 Å². The summed E-state index contributed by atoms with van der Waals surface area (Å²) >= 11 is 1.58. The van der Waals surface area contributed by atoms with Gasteiger partial charge in [-0.15, -0.1) is 11.3 Å². The van der Waals surface area contributed by atoms with Crippen molar-refractivity contribution in [2.45, 2.75) is 45.1 Å². The standard InChI is InChI=1S/C11H16N2O2S/c1-7(14)5-6-10(15)13-11-12-8-3-2-4-9(8)16-11/h7,14H,2-6H2,1H3,(H,12,13,15). The van der Waals surface area contributed by atoms with Gasteiger partial charge in [0.05, 0.1) is 11.8 Å². The molecule has 1 unspecified atom stereocenters. The van der Waals surface area contributed by atoms with Crippen molar-refractivity contribution in [3.8, 4) is 0 Å². The highest BCUT2D eigenvalue weighted by Gasteiger charge is 2.17. The van der Waals surface area contributed by atoms with Gasteiger partial charge in [0.25, 0.3) is 0 Å². The second kappa shape index (κ2) is 4.93. The van der Waals surface area contributed by atoms with E-state index in [2.05, 4.69) is 10.3 Å². The summed E-state index contributed by atoms with van der Waals surface area (Å²) in [7, 11) is 0. The fourth-order valence-electron chi connectivity index (χ4n) is 1.77. The highest BCUT2D eigenvalue weighted by molar-refractivity contribution is 7.15. The Bertz CT molecular complexity index is 366. The van der Waals surface area contributed by atoms with Gasteiger partial charge >= 0.3 is 0 Å². The molecule has 2 rings (SSSR count). The molecular formula is C11H16N2O2S. The second-order valence-corrected chi connectivity index (χ2v) is 5.26. The minimum Gasteiger partial charge on any atom is -0.393 e. The molecule has 4 nitrogen and oxygen atoms in total. The van der Waals surface area contributed by atoms with E-state index in [0.717, 1.165) is 18.5 Å². The first-order valence-corrected chi connectivity index (χ1v) is 6.43. The molecule has 0 saturated carbocycles. The van der Waals surface area contributed by atoms with Crippen LogP contribution in [-0.4, -0.2) is 22.1 Å². The maximum atomic E-state index is 11.5. The lowest BCUT2D eigenvalue weighted by molar-refractivity contribution is -0.116. The van der Waals surface area contributed by atoms with Gasteiger partial charge in [0, 0.05) is 11.3 Å². The molecule has 1 aromatic rings. The van der Waals surface area contributed by atoms with Crippen molar-refractivity contribution in [2.24, 2.45) is 0 Å². The van der Waals surface area contributed by atoms with Gasteiger partial charge in [-0.1, -0.05) is 0 Å². The van der Waals surface area contributed by atoms with E-state index in [0.29, 0.717) is 18.0 Å². The number of aliphatic hydroxyl groups is 1. The number of fused-ring (bicyclic) bond motifs is 1. The first-order chi connectivity index (χ1) is 7.65. The van der Waals surface area contributed by atoms with E-state index >= 15 is 0 Å². The summed E-state index contributed by atoms with van der Waals surface area (Å²) in [6, 6.07) is 0. The summed E-state index contributed by atoms with van der Waals surface area (Å²) in [6.45, 7) is 1.69. The molecule has 1 aliphatic rings. The summed E-state index contributed by atoms with van der Waals surface area (Å²) in [5.74, 6) is -0.0617. The van der Waals surface area contributed by atoms with E-state index in [4.69, 9.17) is 5.11 Å². The van der Waals surface area contributed by atoms with Crippen molar-refractivity contribution >= 4 is 22.4 Å². The maximum Gasteiger partial charge on any atom is 0.226 e. The zero-order valence-corrected chi connectivity index (χ0v) is 10.1. The van der Waals surface area contributed by atoms with E-state index in [1.54, 1.807) is 18.3 Å². The molecule has 0 fully saturated rings.